The number of aliphatic hydroxyl groups is 1. The van der Waals surface area contributed by atoms with Gasteiger partial charge in [-0.3, -0.25) is 62.5 Å². The number of nitrogens with one attached hydrogen (secondary N) is 9. The van der Waals surface area contributed by atoms with E-state index < -0.39 is 170 Å². The number of nitrogens with two attached hydrogens (primary N) is 6. The van der Waals surface area contributed by atoms with Crippen LogP contribution in [0, 0.1) is 5.92 Å². The fourth-order valence-corrected chi connectivity index (χ4v) is 8.19. The molecule has 0 aliphatic heterocycles. The topological polar surface area (TPSA) is 580 Å². The quantitative estimate of drug-likeness (QED) is 0.0164. The molecular weight excluding hydrogens is 1130 g/mol. The van der Waals surface area contributed by atoms with Gasteiger partial charge in [-0.1, -0.05) is 44.2 Å². The minimum Gasteiger partial charge on any atom is -0.481 e. The van der Waals surface area contributed by atoms with E-state index in [9.17, 15) is 77.6 Å². The van der Waals surface area contributed by atoms with Gasteiger partial charge in [-0.05, 0) is 102 Å². The number of carboxylic acids is 3. The number of guanidine groups is 1. The number of aliphatic carboxylic acids is 3. The van der Waals surface area contributed by atoms with E-state index in [1.807, 2.05) is 5.32 Å². The number of aliphatic imine (C=N–C) groups is 1. The Morgan fingerprint density at radius 3 is 1.36 bits per heavy atom. The maximum atomic E-state index is 14.4. The largest absolute Gasteiger partial charge is 0.481 e. The normalized spacial score (nSPS) is 14.5. The molecule has 0 fully saturated rings. The van der Waals surface area contributed by atoms with Gasteiger partial charge < -0.3 is 103 Å². The van der Waals surface area contributed by atoms with Crippen LogP contribution in [0.5, 0.6) is 0 Å². The van der Waals surface area contributed by atoms with Gasteiger partial charge in [0.25, 0.3) is 0 Å². The minimum atomic E-state index is -1.87. The van der Waals surface area contributed by atoms with Gasteiger partial charge in [0.1, 0.15) is 54.4 Å². The molecule has 33 nitrogen and oxygen atoms in total. The Morgan fingerprint density at radius 2 is 0.884 bits per heavy atom. The summed E-state index contributed by atoms with van der Waals surface area (Å²) in [5.74, 6) is -14.8. The molecule has 86 heavy (non-hydrogen) atoms. The molecule has 0 saturated heterocycles. The number of nitrogens with zero attached hydrogens (tertiary/aromatic N) is 1. The van der Waals surface area contributed by atoms with Gasteiger partial charge in [-0.25, -0.2) is 4.79 Å². The molecule has 10 unspecified atom stereocenters. The highest BCUT2D eigenvalue weighted by atomic mass is 16.4. The zero-order valence-electron chi connectivity index (χ0n) is 48.7. The SMILES string of the molecule is CC(C)CC(NC(=O)C(Cc1ccccc1)NC(=O)C(CCCCN)NC(=O)C(N)CCC(=O)O)C(=O)NC(CCCCN)C(=O)NC(CCCN=C(N)N)C(=O)NC(C)C(=O)NC(CCC(=O)O)C(=O)NC(CC(N)=O)C(=O)NC(CO)C(=O)O. The molecular formula is C53H88N16O17. The molecule has 33 heteroatoms. The molecule has 0 bridgehead atoms. The van der Waals surface area contributed by atoms with Gasteiger partial charge in [0, 0.05) is 25.8 Å². The summed E-state index contributed by atoms with van der Waals surface area (Å²) >= 11 is 0. The number of unbranched alkanes of at least 4 members (excludes halogenated alkanes) is 2. The molecule has 0 aromatic heterocycles. The van der Waals surface area contributed by atoms with Crippen LogP contribution in [-0.4, -0.2) is 190 Å². The lowest BCUT2D eigenvalue weighted by atomic mass is 9.99. The number of carbonyl (C=O) groups is 13. The lowest BCUT2D eigenvalue weighted by Gasteiger charge is -2.28. The highest BCUT2D eigenvalue weighted by Crippen LogP contribution is 2.13. The Balaban J connectivity index is 3.61. The predicted octanol–water partition coefficient (Wildman–Crippen LogP) is -6.02. The lowest BCUT2D eigenvalue weighted by Crippen LogP contribution is -2.60. The average Bonchev–Trinajstić information content (AvgIpc) is 3.07. The first kappa shape index (κ1) is 75.5. The Kier molecular flexibility index (Phi) is 35.7. The van der Waals surface area contributed by atoms with Gasteiger partial charge >= 0.3 is 17.9 Å². The van der Waals surface area contributed by atoms with Crippen molar-refractivity contribution in [2.75, 3.05) is 26.2 Å². The fourth-order valence-electron chi connectivity index (χ4n) is 8.19. The first-order valence-corrected chi connectivity index (χ1v) is 28.1. The number of amides is 10. The van der Waals surface area contributed by atoms with Crippen LogP contribution in [0.1, 0.15) is 116 Å². The van der Waals surface area contributed by atoms with E-state index >= 15 is 0 Å². The predicted molar refractivity (Wildman–Crippen MR) is 309 cm³/mol. The van der Waals surface area contributed by atoms with Crippen LogP contribution >= 0.6 is 0 Å². The second-order valence-corrected chi connectivity index (χ2v) is 20.7. The van der Waals surface area contributed by atoms with E-state index in [4.69, 9.17) is 39.5 Å². The summed E-state index contributed by atoms with van der Waals surface area (Å²) in [5.41, 5.74) is 34.2. The first-order chi connectivity index (χ1) is 40.5. The van der Waals surface area contributed by atoms with Crippen molar-refractivity contribution >= 4 is 82.9 Å². The van der Waals surface area contributed by atoms with Crippen LogP contribution in [0.25, 0.3) is 0 Å². The molecule has 0 saturated carbocycles. The molecule has 0 aliphatic rings. The zero-order chi connectivity index (χ0) is 65.1. The molecule has 1 aromatic carbocycles. The molecule has 1 rings (SSSR count). The standard InChI is InChI=1S/C53H88N16O17/c1-28(2)24-36(66-50(83)37(25-30-12-5-4-6-13-30)67-47(80)32(14-7-9-21-54)63-44(77)31(56)17-19-41(72)73)49(82)65-33(15-8-10-22-55)46(79)64-34(16-11-23-60-53(58)59)45(78)61-29(3)43(76)62-35(18-20-42(74)75)48(81)68-38(26-40(57)71)51(84)69-39(27-70)52(85)86/h4-6,12-13,28-29,31-39,70H,7-11,14-27,54-56H2,1-3H3,(H2,57,71)(H,61,78)(H,62,76)(H,63,77)(H,64,79)(H,65,82)(H,66,83)(H,67,80)(H,68,81)(H,69,84)(H,72,73)(H,74,75)(H,85,86)(H4,58,59,60). The summed E-state index contributed by atoms with van der Waals surface area (Å²) < 4.78 is 0. The van der Waals surface area contributed by atoms with Crippen molar-refractivity contribution in [2.24, 2.45) is 45.3 Å². The fraction of sp³-hybridized carbons (Fsp3) is 0.623. The summed E-state index contributed by atoms with van der Waals surface area (Å²) in [7, 11) is 0. The lowest BCUT2D eigenvalue weighted by molar-refractivity contribution is -0.143. The van der Waals surface area contributed by atoms with Crippen LogP contribution in [0.4, 0.5) is 0 Å². The van der Waals surface area contributed by atoms with Crippen LogP contribution in [0.3, 0.4) is 0 Å². The number of hydrogen-bond acceptors (Lipinski definition) is 18. The van der Waals surface area contributed by atoms with Gasteiger partial charge in [-0.2, -0.15) is 0 Å². The van der Waals surface area contributed by atoms with E-state index in [0.717, 1.165) is 0 Å². The molecule has 10 atom stereocenters. The maximum Gasteiger partial charge on any atom is 0.328 e. The average molecular weight is 1220 g/mol. The number of benzene rings is 1. The number of hydrogen-bond donors (Lipinski definition) is 19. The Hall–Kier alpha value is -8.56. The summed E-state index contributed by atoms with van der Waals surface area (Å²) in [5, 5.41) is 59.1. The second kappa shape index (κ2) is 40.7. The van der Waals surface area contributed by atoms with E-state index in [2.05, 4.69) is 47.5 Å². The summed E-state index contributed by atoms with van der Waals surface area (Å²) in [6.45, 7) is 4.01. The number of carboxylic acid groups (broad SMARTS) is 3. The third-order valence-electron chi connectivity index (χ3n) is 12.9. The van der Waals surface area contributed by atoms with Crippen molar-refractivity contribution in [3.63, 3.8) is 0 Å². The molecule has 0 spiro atoms. The van der Waals surface area contributed by atoms with Crippen LogP contribution < -0.4 is 82.3 Å². The van der Waals surface area contributed by atoms with E-state index in [-0.39, 0.29) is 82.9 Å². The molecule has 25 N–H and O–H groups in total. The van der Waals surface area contributed by atoms with Gasteiger partial charge in [-0.15, -0.1) is 0 Å². The van der Waals surface area contributed by atoms with Crippen molar-refractivity contribution in [1.82, 2.24) is 47.9 Å². The number of primary amides is 1. The second-order valence-electron chi connectivity index (χ2n) is 20.7. The number of aliphatic hydroxyl groups excluding tert-OH is 1. The Morgan fingerprint density at radius 1 is 0.477 bits per heavy atom. The van der Waals surface area contributed by atoms with Crippen LogP contribution in [-0.2, 0) is 68.7 Å². The Labute approximate surface area is 497 Å². The smallest absolute Gasteiger partial charge is 0.328 e. The maximum absolute atomic E-state index is 14.4. The van der Waals surface area contributed by atoms with E-state index in [1.165, 1.54) is 6.92 Å². The summed E-state index contributed by atoms with van der Waals surface area (Å²) in [6, 6.07) is -6.67. The monoisotopic (exact) mass is 1220 g/mol. The molecule has 10 amide bonds. The van der Waals surface area contributed by atoms with Gasteiger partial charge in [0.2, 0.25) is 59.1 Å². The molecule has 0 aliphatic carbocycles. The molecule has 1 aromatic rings. The highest BCUT2D eigenvalue weighted by molar-refractivity contribution is 5.99. The third kappa shape index (κ3) is 30.8. The van der Waals surface area contributed by atoms with Crippen molar-refractivity contribution < 1.29 is 82.8 Å². The summed E-state index contributed by atoms with van der Waals surface area (Å²) in [4.78, 5) is 174. The first-order valence-electron chi connectivity index (χ1n) is 28.1. The van der Waals surface area contributed by atoms with E-state index in [0.29, 0.717) is 24.8 Å². The highest BCUT2D eigenvalue weighted by Gasteiger charge is 2.36. The zero-order valence-corrected chi connectivity index (χ0v) is 48.7. The van der Waals surface area contributed by atoms with Crippen molar-refractivity contribution in [3.05, 3.63) is 35.9 Å². The van der Waals surface area contributed by atoms with E-state index in [1.54, 1.807) is 44.2 Å². The number of rotatable bonds is 44. The molecule has 482 valence electrons. The van der Waals surface area contributed by atoms with Crippen LogP contribution in [0.15, 0.2) is 35.3 Å². The number of carbonyl (C=O) groups excluding carboxylic acids is 10. The van der Waals surface area contributed by atoms with Crippen molar-refractivity contribution in [3.8, 4) is 0 Å². The van der Waals surface area contributed by atoms with Gasteiger partial charge in [0.15, 0.2) is 5.96 Å². The molecule has 0 heterocycles. The minimum absolute atomic E-state index is 0.00243. The van der Waals surface area contributed by atoms with Crippen LogP contribution in [0.2, 0.25) is 0 Å². The van der Waals surface area contributed by atoms with Gasteiger partial charge in [0.05, 0.1) is 19.1 Å². The molecule has 0 radical (unpaired) electrons. The summed E-state index contributed by atoms with van der Waals surface area (Å²) in [6.07, 6.45) is -1.63. The Bertz CT molecular complexity index is 2470. The van der Waals surface area contributed by atoms with Crippen molar-refractivity contribution in [1.29, 1.82) is 0 Å². The third-order valence-corrected chi connectivity index (χ3v) is 12.9. The van der Waals surface area contributed by atoms with Crippen molar-refractivity contribution in [2.45, 2.75) is 178 Å².